The van der Waals surface area contributed by atoms with E-state index in [1.165, 1.54) is 12.5 Å². The average Bonchev–Trinajstić information content (AvgIpc) is 3.26. The molecule has 34 heavy (non-hydrogen) atoms. The van der Waals surface area contributed by atoms with Gasteiger partial charge in [-0.25, -0.2) is 9.78 Å². The lowest BCUT2D eigenvalue weighted by Gasteiger charge is -2.24. The van der Waals surface area contributed by atoms with Crippen molar-refractivity contribution in [3.63, 3.8) is 0 Å². The fourth-order valence-corrected chi connectivity index (χ4v) is 2.65. The van der Waals surface area contributed by atoms with E-state index in [1.54, 1.807) is 0 Å². The molecule has 16 heteroatoms. The molecule has 0 aromatic carbocycles. The Bertz CT molecular complexity index is 890. The van der Waals surface area contributed by atoms with E-state index in [9.17, 15) is 28.8 Å². The number of carboxylic acids is 2. The molecule has 1 heterocycles. The third kappa shape index (κ3) is 9.61. The molecule has 1 aromatic heterocycles. The van der Waals surface area contributed by atoms with Gasteiger partial charge in [0.15, 0.2) is 0 Å². The van der Waals surface area contributed by atoms with Crippen LogP contribution in [0.2, 0.25) is 0 Å². The number of rotatable bonds is 15. The molecule has 0 aliphatic rings. The number of amides is 4. The maximum atomic E-state index is 12.9. The maximum Gasteiger partial charge on any atom is 0.328 e. The Morgan fingerprint density at radius 1 is 0.971 bits per heavy atom. The van der Waals surface area contributed by atoms with E-state index in [0.29, 0.717) is 5.69 Å². The molecule has 0 fully saturated rings. The molecular weight excluding hydrogens is 458 g/mol. The van der Waals surface area contributed by atoms with Crippen LogP contribution in [0.3, 0.4) is 0 Å². The highest BCUT2D eigenvalue weighted by atomic mass is 16.4. The van der Waals surface area contributed by atoms with E-state index in [0.717, 1.165) is 0 Å². The molecule has 1 rings (SSSR count). The number of carbonyl (C=O) groups excluding carboxylic acids is 4. The predicted molar refractivity (Wildman–Crippen MR) is 111 cm³/mol. The summed E-state index contributed by atoms with van der Waals surface area (Å²) in [5.41, 5.74) is 11.2. The Balaban J connectivity index is 3.01. The molecule has 4 amide bonds. The molecule has 0 saturated carbocycles. The second-order valence-electron chi connectivity index (χ2n) is 7.19. The first-order chi connectivity index (χ1) is 15.9. The minimum absolute atomic E-state index is 0.150. The lowest BCUT2D eigenvalue weighted by Crippen LogP contribution is -2.58. The van der Waals surface area contributed by atoms with Crippen molar-refractivity contribution in [2.75, 3.05) is 6.61 Å². The number of aromatic amines is 1. The molecule has 0 saturated heterocycles. The van der Waals surface area contributed by atoms with Crippen LogP contribution in [0.1, 0.15) is 25.0 Å². The van der Waals surface area contributed by atoms with Gasteiger partial charge in [-0.15, -0.1) is 0 Å². The summed E-state index contributed by atoms with van der Waals surface area (Å²) in [5, 5.41) is 33.3. The van der Waals surface area contributed by atoms with E-state index in [-0.39, 0.29) is 19.3 Å². The summed E-state index contributed by atoms with van der Waals surface area (Å²) in [6.45, 7) is -0.953. The highest BCUT2D eigenvalue weighted by Crippen LogP contribution is 2.04. The molecule has 0 bridgehead atoms. The highest BCUT2D eigenvalue weighted by Gasteiger charge is 2.31. The summed E-state index contributed by atoms with van der Waals surface area (Å²) in [7, 11) is 0. The average molecular weight is 485 g/mol. The number of aliphatic hydroxyl groups excluding tert-OH is 1. The van der Waals surface area contributed by atoms with E-state index < -0.39 is 72.8 Å². The number of imidazole rings is 1. The number of nitrogens with two attached hydrogens (primary N) is 2. The van der Waals surface area contributed by atoms with Gasteiger partial charge in [-0.2, -0.15) is 0 Å². The van der Waals surface area contributed by atoms with Crippen molar-refractivity contribution in [3.05, 3.63) is 18.2 Å². The Labute approximate surface area is 192 Å². The fraction of sp³-hybridized carbons (Fsp3) is 0.500. The summed E-state index contributed by atoms with van der Waals surface area (Å²) >= 11 is 0. The second kappa shape index (κ2) is 13.5. The van der Waals surface area contributed by atoms with Crippen LogP contribution in [0.5, 0.6) is 0 Å². The number of primary amides is 1. The quantitative estimate of drug-likeness (QED) is 0.114. The summed E-state index contributed by atoms with van der Waals surface area (Å²) in [4.78, 5) is 77.3. The standard InChI is InChI=1S/C18H27N7O9/c19-9(1-2-14(28)29)15(30)23-10(3-8-5-21-7-22-8)16(31)24-11(4-13(20)27)17(32)25-12(6-26)18(33)34/h5,7,9-12,26H,1-4,6,19H2,(H2,20,27)(H,21,22)(H,23,30)(H,24,31)(H,25,32)(H,28,29)(H,33,34). The third-order valence-electron chi connectivity index (χ3n) is 4.45. The number of nitrogens with one attached hydrogen (secondary N) is 4. The Morgan fingerprint density at radius 2 is 1.56 bits per heavy atom. The van der Waals surface area contributed by atoms with Crippen LogP contribution < -0.4 is 27.4 Å². The van der Waals surface area contributed by atoms with Gasteiger partial charge in [0.05, 0.1) is 25.4 Å². The van der Waals surface area contributed by atoms with E-state index in [2.05, 4.69) is 20.6 Å². The van der Waals surface area contributed by atoms with Crippen molar-refractivity contribution < 1.29 is 44.1 Å². The van der Waals surface area contributed by atoms with Crippen LogP contribution in [0, 0.1) is 0 Å². The molecule has 4 unspecified atom stereocenters. The predicted octanol–water partition coefficient (Wildman–Crippen LogP) is -4.45. The molecule has 1 aromatic rings. The van der Waals surface area contributed by atoms with E-state index in [1.807, 2.05) is 5.32 Å². The van der Waals surface area contributed by atoms with Gasteiger partial charge in [0.2, 0.25) is 23.6 Å². The van der Waals surface area contributed by atoms with Crippen LogP contribution in [0.15, 0.2) is 12.5 Å². The SMILES string of the molecule is NC(=O)CC(NC(=O)C(Cc1cnc[nH]1)NC(=O)C(N)CCC(=O)O)C(=O)NC(CO)C(=O)O. The van der Waals surface area contributed by atoms with E-state index in [4.69, 9.17) is 26.8 Å². The van der Waals surface area contributed by atoms with Gasteiger partial charge in [-0.05, 0) is 6.42 Å². The van der Waals surface area contributed by atoms with E-state index >= 15 is 0 Å². The molecular formula is C18H27N7O9. The smallest absolute Gasteiger partial charge is 0.328 e. The van der Waals surface area contributed by atoms with Gasteiger partial charge < -0.3 is 47.7 Å². The van der Waals surface area contributed by atoms with Gasteiger partial charge in [0, 0.05) is 24.7 Å². The van der Waals surface area contributed by atoms with Crippen LogP contribution in [0.4, 0.5) is 0 Å². The van der Waals surface area contributed by atoms with Crippen LogP contribution in [0.25, 0.3) is 0 Å². The molecule has 4 atom stereocenters. The summed E-state index contributed by atoms with van der Waals surface area (Å²) in [5.74, 6) is -6.63. The van der Waals surface area contributed by atoms with Gasteiger partial charge in [0.25, 0.3) is 0 Å². The molecule has 0 radical (unpaired) electrons. The molecule has 0 spiro atoms. The topological polar surface area (TPSA) is 280 Å². The fourth-order valence-electron chi connectivity index (χ4n) is 2.65. The first kappa shape index (κ1) is 28.0. The minimum atomic E-state index is -1.70. The normalized spacial score (nSPS) is 14.2. The maximum absolute atomic E-state index is 12.9. The lowest BCUT2D eigenvalue weighted by atomic mass is 10.1. The van der Waals surface area contributed by atoms with Crippen molar-refractivity contribution in [2.24, 2.45) is 11.5 Å². The molecule has 0 aliphatic heterocycles. The number of nitrogens with zero attached hydrogens (tertiary/aromatic N) is 1. The number of aliphatic hydroxyl groups is 1. The zero-order chi connectivity index (χ0) is 25.8. The van der Waals surface area contributed by atoms with Gasteiger partial charge >= 0.3 is 11.9 Å². The number of carbonyl (C=O) groups is 6. The molecule has 0 aliphatic carbocycles. The molecule has 11 N–H and O–H groups in total. The van der Waals surface area contributed by atoms with Crippen molar-refractivity contribution in [1.82, 2.24) is 25.9 Å². The van der Waals surface area contributed by atoms with Crippen LogP contribution in [-0.4, -0.2) is 91.6 Å². The first-order valence-electron chi connectivity index (χ1n) is 9.92. The monoisotopic (exact) mass is 485 g/mol. The summed E-state index contributed by atoms with van der Waals surface area (Å²) in [6.07, 6.45) is 1.23. The van der Waals surface area contributed by atoms with Crippen molar-refractivity contribution in [3.8, 4) is 0 Å². The van der Waals surface area contributed by atoms with Crippen molar-refractivity contribution in [1.29, 1.82) is 0 Å². The molecule has 16 nitrogen and oxygen atoms in total. The zero-order valence-electron chi connectivity index (χ0n) is 17.9. The number of aliphatic carboxylic acids is 2. The Hall–Kier alpha value is -4.05. The number of aromatic nitrogens is 2. The largest absolute Gasteiger partial charge is 0.481 e. The number of hydrogen-bond donors (Lipinski definition) is 9. The van der Waals surface area contributed by atoms with Crippen molar-refractivity contribution in [2.45, 2.75) is 49.9 Å². The van der Waals surface area contributed by atoms with Crippen LogP contribution >= 0.6 is 0 Å². The van der Waals surface area contributed by atoms with Gasteiger partial charge in [-0.1, -0.05) is 0 Å². The summed E-state index contributed by atoms with van der Waals surface area (Å²) in [6, 6.07) is -5.92. The number of H-pyrrole nitrogens is 1. The third-order valence-corrected chi connectivity index (χ3v) is 4.45. The van der Waals surface area contributed by atoms with Gasteiger partial charge in [-0.3, -0.25) is 24.0 Å². The highest BCUT2D eigenvalue weighted by molar-refractivity contribution is 5.96. The Morgan fingerprint density at radius 3 is 2.06 bits per heavy atom. The second-order valence-corrected chi connectivity index (χ2v) is 7.19. The first-order valence-corrected chi connectivity index (χ1v) is 9.92. The van der Waals surface area contributed by atoms with Gasteiger partial charge in [0.1, 0.15) is 18.1 Å². The summed E-state index contributed by atoms with van der Waals surface area (Å²) < 4.78 is 0. The van der Waals surface area contributed by atoms with Crippen LogP contribution in [-0.2, 0) is 35.2 Å². The Kier molecular flexibility index (Phi) is 11.1. The van der Waals surface area contributed by atoms with Crippen molar-refractivity contribution >= 4 is 35.6 Å². The number of hydrogen-bond acceptors (Lipinski definition) is 9. The lowest BCUT2D eigenvalue weighted by molar-refractivity contribution is -0.143. The number of carboxylic acid groups (broad SMARTS) is 2. The minimum Gasteiger partial charge on any atom is -0.481 e. The molecule has 188 valence electrons. The zero-order valence-corrected chi connectivity index (χ0v) is 17.9.